The van der Waals surface area contributed by atoms with Gasteiger partial charge >= 0.3 is 0 Å². The van der Waals surface area contributed by atoms with Gasteiger partial charge in [-0.25, -0.2) is 0 Å². The van der Waals surface area contributed by atoms with Crippen LogP contribution in [0.1, 0.15) is 28.3 Å². The number of methoxy groups -OCH3 is 4. The first-order valence-electron chi connectivity index (χ1n) is 8.90. The van der Waals surface area contributed by atoms with Gasteiger partial charge in [0, 0.05) is 6.54 Å². The van der Waals surface area contributed by atoms with E-state index in [4.69, 9.17) is 18.9 Å². The van der Waals surface area contributed by atoms with Crippen molar-refractivity contribution in [3.8, 4) is 23.0 Å². The highest BCUT2D eigenvalue weighted by molar-refractivity contribution is 5.83. The first-order chi connectivity index (χ1) is 13.1. The smallest absolute Gasteiger partial charge is 0.227 e. The van der Waals surface area contributed by atoms with Crippen molar-refractivity contribution in [3.63, 3.8) is 0 Å². The highest BCUT2D eigenvalue weighted by atomic mass is 16.5. The number of amides is 1. The molecule has 27 heavy (non-hydrogen) atoms. The van der Waals surface area contributed by atoms with E-state index in [2.05, 4.69) is 0 Å². The van der Waals surface area contributed by atoms with Gasteiger partial charge in [0.25, 0.3) is 0 Å². The van der Waals surface area contributed by atoms with E-state index < -0.39 is 0 Å². The lowest BCUT2D eigenvalue weighted by Gasteiger charge is -2.42. The molecular formula is C21H23NO5. The van der Waals surface area contributed by atoms with Crippen molar-refractivity contribution in [1.82, 2.24) is 4.90 Å². The zero-order valence-corrected chi connectivity index (χ0v) is 16.0. The molecule has 0 bridgehead atoms. The standard InChI is InChI=1S/C21H23NO5/c1-24-16-7-12-5-6-22-20(23)9-13-8-17(25-2)19(27-4)11-15(13)21(22)14(12)10-18(16)26-3/h7-8,10-11,21H,5-6,9H2,1-4H3/t21-/m0/s1. The van der Waals surface area contributed by atoms with E-state index >= 15 is 0 Å². The predicted octanol–water partition coefficient (Wildman–Crippen LogP) is 2.75. The summed E-state index contributed by atoms with van der Waals surface area (Å²) in [5.74, 6) is 2.80. The molecule has 0 aliphatic carbocycles. The third kappa shape index (κ3) is 2.67. The van der Waals surface area contributed by atoms with E-state index in [1.54, 1.807) is 28.4 Å². The third-order valence-corrected chi connectivity index (χ3v) is 5.48. The Bertz CT molecular complexity index is 908. The average Bonchev–Trinajstić information content (AvgIpc) is 2.71. The molecule has 2 aromatic carbocycles. The van der Waals surface area contributed by atoms with Crippen LogP contribution >= 0.6 is 0 Å². The molecule has 0 spiro atoms. The minimum absolute atomic E-state index is 0.125. The molecule has 0 N–H and O–H groups in total. The van der Waals surface area contributed by atoms with Crippen molar-refractivity contribution in [1.29, 1.82) is 0 Å². The Hall–Kier alpha value is -2.89. The Labute approximate surface area is 158 Å². The first-order valence-corrected chi connectivity index (χ1v) is 8.90. The molecule has 2 aromatic rings. The van der Waals surface area contributed by atoms with Crippen LogP contribution < -0.4 is 18.9 Å². The number of ether oxygens (including phenoxy) is 4. The Morgan fingerprint density at radius 1 is 0.778 bits per heavy atom. The van der Waals surface area contributed by atoms with Crippen LogP contribution in [-0.4, -0.2) is 45.8 Å². The molecule has 1 atom stereocenters. The van der Waals surface area contributed by atoms with Crippen LogP contribution in [-0.2, 0) is 17.6 Å². The summed E-state index contributed by atoms with van der Waals surface area (Å²) in [5.41, 5.74) is 4.28. The van der Waals surface area contributed by atoms with E-state index in [1.165, 1.54) is 5.56 Å². The second kappa shape index (κ2) is 6.68. The van der Waals surface area contributed by atoms with Crippen molar-refractivity contribution in [2.24, 2.45) is 0 Å². The predicted molar refractivity (Wildman–Crippen MR) is 100 cm³/mol. The average molecular weight is 369 g/mol. The fraction of sp³-hybridized carbons (Fsp3) is 0.381. The van der Waals surface area contributed by atoms with Crippen molar-refractivity contribution < 1.29 is 23.7 Å². The lowest BCUT2D eigenvalue weighted by Crippen LogP contribution is -2.44. The Morgan fingerprint density at radius 3 is 1.81 bits per heavy atom. The second-order valence-electron chi connectivity index (χ2n) is 6.73. The lowest BCUT2D eigenvalue weighted by atomic mass is 9.82. The molecule has 6 nitrogen and oxygen atoms in total. The summed E-state index contributed by atoms with van der Waals surface area (Å²) < 4.78 is 21.9. The normalized spacial score (nSPS) is 17.6. The number of benzene rings is 2. The largest absolute Gasteiger partial charge is 0.493 e. The molecule has 6 heteroatoms. The van der Waals surface area contributed by atoms with E-state index in [0.29, 0.717) is 36.0 Å². The summed E-state index contributed by atoms with van der Waals surface area (Å²) in [6.07, 6.45) is 1.16. The molecule has 0 aromatic heterocycles. The molecule has 0 radical (unpaired) electrons. The van der Waals surface area contributed by atoms with Gasteiger partial charge in [-0.15, -0.1) is 0 Å². The first kappa shape index (κ1) is 17.5. The van der Waals surface area contributed by atoms with Crippen LogP contribution in [0.15, 0.2) is 24.3 Å². The fourth-order valence-corrected chi connectivity index (χ4v) is 4.16. The maximum Gasteiger partial charge on any atom is 0.227 e. The van der Waals surface area contributed by atoms with Crippen LogP contribution in [0.5, 0.6) is 23.0 Å². The number of nitrogens with zero attached hydrogens (tertiary/aromatic N) is 1. The zero-order chi connectivity index (χ0) is 19.1. The number of carbonyl (C=O) groups is 1. The lowest BCUT2D eigenvalue weighted by molar-refractivity contribution is -0.133. The molecule has 4 rings (SSSR count). The van der Waals surface area contributed by atoms with E-state index in [1.807, 2.05) is 29.2 Å². The van der Waals surface area contributed by atoms with Gasteiger partial charge in [-0.3, -0.25) is 4.79 Å². The summed E-state index contributed by atoms with van der Waals surface area (Å²) in [7, 11) is 6.49. The monoisotopic (exact) mass is 369 g/mol. The van der Waals surface area contributed by atoms with Crippen LogP contribution in [0.2, 0.25) is 0 Å². The van der Waals surface area contributed by atoms with Crippen LogP contribution in [0, 0.1) is 0 Å². The minimum Gasteiger partial charge on any atom is -0.493 e. The molecule has 142 valence electrons. The van der Waals surface area contributed by atoms with Gasteiger partial charge < -0.3 is 23.8 Å². The molecule has 0 saturated heterocycles. The molecule has 0 unspecified atom stereocenters. The molecular weight excluding hydrogens is 346 g/mol. The SMILES string of the molecule is COc1cc2c(cc1OC)[C@H]1c3cc(OC)c(OC)cc3CC(=O)N1CC2. The maximum atomic E-state index is 12.8. The number of hydrogen-bond donors (Lipinski definition) is 0. The molecule has 1 amide bonds. The molecule has 2 aliphatic rings. The van der Waals surface area contributed by atoms with Gasteiger partial charge in [0.15, 0.2) is 23.0 Å². The highest BCUT2D eigenvalue weighted by Gasteiger charge is 2.38. The van der Waals surface area contributed by atoms with Crippen molar-refractivity contribution in [2.75, 3.05) is 35.0 Å². The van der Waals surface area contributed by atoms with Crippen molar-refractivity contribution >= 4 is 5.91 Å². The summed E-state index contributed by atoms with van der Waals surface area (Å²) in [6.45, 7) is 0.680. The quantitative estimate of drug-likeness (QED) is 0.829. The van der Waals surface area contributed by atoms with Crippen LogP contribution in [0.4, 0.5) is 0 Å². The van der Waals surface area contributed by atoms with Crippen LogP contribution in [0.3, 0.4) is 0 Å². The maximum absolute atomic E-state index is 12.8. The summed E-state index contributed by atoms with van der Waals surface area (Å²) in [5, 5.41) is 0. The summed E-state index contributed by atoms with van der Waals surface area (Å²) >= 11 is 0. The van der Waals surface area contributed by atoms with Crippen molar-refractivity contribution in [3.05, 3.63) is 46.5 Å². The van der Waals surface area contributed by atoms with Gasteiger partial charge in [0.2, 0.25) is 5.91 Å². The topological polar surface area (TPSA) is 57.2 Å². The second-order valence-corrected chi connectivity index (χ2v) is 6.73. The van der Waals surface area contributed by atoms with E-state index in [0.717, 1.165) is 23.1 Å². The Kier molecular flexibility index (Phi) is 4.34. The third-order valence-electron chi connectivity index (χ3n) is 5.48. The number of rotatable bonds is 4. The van der Waals surface area contributed by atoms with E-state index in [9.17, 15) is 4.79 Å². The van der Waals surface area contributed by atoms with Gasteiger partial charge in [-0.1, -0.05) is 0 Å². The summed E-state index contributed by atoms with van der Waals surface area (Å²) in [6, 6.07) is 7.75. The minimum atomic E-state index is -0.162. The number of fused-ring (bicyclic) bond motifs is 5. The van der Waals surface area contributed by atoms with Gasteiger partial charge in [0.1, 0.15) is 0 Å². The molecule has 0 saturated carbocycles. The Balaban J connectivity index is 1.93. The molecule has 0 fully saturated rings. The molecule has 2 aliphatic heterocycles. The zero-order valence-electron chi connectivity index (χ0n) is 16.0. The van der Waals surface area contributed by atoms with E-state index in [-0.39, 0.29) is 11.9 Å². The highest BCUT2D eigenvalue weighted by Crippen LogP contribution is 2.46. The number of hydrogen-bond acceptors (Lipinski definition) is 5. The van der Waals surface area contributed by atoms with Gasteiger partial charge in [0.05, 0.1) is 40.9 Å². The Morgan fingerprint density at radius 2 is 1.26 bits per heavy atom. The molecule has 2 heterocycles. The summed E-state index contributed by atoms with van der Waals surface area (Å²) in [4.78, 5) is 14.8. The number of carbonyl (C=O) groups excluding carboxylic acids is 1. The van der Waals surface area contributed by atoms with Gasteiger partial charge in [-0.2, -0.15) is 0 Å². The van der Waals surface area contributed by atoms with Gasteiger partial charge in [-0.05, 0) is 52.9 Å². The van der Waals surface area contributed by atoms with Crippen molar-refractivity contribution in [2.45, 2.75) is 18.9 Å². The van der Waals surface area contributed by atoms with Crippen LogP contribution in [0.25, 0.3) is 0 Å². The fourth-order valence-electron chi connectivity index (χ4n) is 4.16.